The number of oxazole rings is 1. The standard InChI is InChI=1S/C20H27N3O2/c24-19(21-15-10-4-5-11-15)18(14-8-2-1-3-9-14)23-20-22-16-12-6-7-13-17(16)25-20/h6-7,12-15,18H,1-5,8-11H2,(H,21,24)(H,22,23)/t18-/m0/s1. The minimum atomic E-state index is -0.256. The maximum absolute atomic E-state index is 13.0. The molecular weight excluding hydrogens is 314 g/mol. The largest absolute Gasteiger partial charge is 0.424 e. The van der Waals surface area contributed by atoms with Gasteiger partial charge in [-0.3, -0.25) is 4.79 Å². The molecule has 0 spiro atoms. The molecule has 1 aromatic carbocycles. The van der Waals surface area contributed by atoms with Gasteiger partial charge in [0.2, 0.25) is 5.91 Å². The fraction of sp³-hybridized carbons (Fsp3) is 0.600. The van der Waals surface area contributed by atoms with Crippen LogP contribution in [0.4, 0.5) is 6.01 Å². The molecule has 2 aromatic rings. The Morgan fingerprint density at radius 2 is 1.76 bits per heavy atom. The first-order valence-electron chi connectivity index (χ1n) is 9.72. The van der Waals surface area contributed by atoms with E-state index in [9.17, 15) is 4.79 Å². The molecule has 1 amide bonds. The highest BCUT2D eigenvalue weighted by Crippen LogP contribution is 2.29. The van der Waals surface area contributed by atoms with Crippen LogP contribution < -0.4 is 10.6 Å². The van der Waals surface area contributed by atoms with Crippen LogP contribution in [0.1, 0.15) is 57.8 Å². The summed E-state index contributed by atoms with van der Waals surface area (Å²) in [5, 5.41) is 6.58. The average molecular weight is 341 g/mol. The molecule has 0 radical (unpaired) electrons. The molecule has 2 aliphatic rings. The molecule has 1 heterocycles. The van der Waals surface area contributed by atoms with Crippen molar-refractivity contribution < 1.29 is 9.21 Å². The van der Waals surface area contributed by atoms with Gasteiger partial charge in [-0.05, 0) is 43.7 Å². The molecule has 2 saturated carbocycles. The van der Waals surface area contributed by atoms with E-state index in [-0.39, 0.29) is 11.9 Å². The molecule has 2 fully saturated rings. The lowest BCUT2D eigenvalue weighted by Crippen LogP contribution is -2.48. The predicted molar refractivity (Wildman–Crippen MR) is 98.4 cm³/mol. The van der Waals surface area contributed by atoms with Crippen LogP contribution in [0.3, 0.4) is 0 Å². The summed E-state index contributed by atoms with van der Waals surface area (Å²) in [6.45, 7) is 0. The van der Waals surface area contributed by atoms with Gasteiger partial charge in [0.1, 0.15) is 11.6 Å². The number of carbonyl (C=O) groups is 1. The minimum absolute atomic E-state index is 0.112. The van der Waals surface area contributed by atoms with Gasteiger partial charge < -0.3 is 15.1 Å². The third-order valence-corrected chi connectivity index (χ3v) is 5.68. The lowest BCUT2D eigenvalue weighted by molar-refractivity contribution is -0.123. The van der Waals surface area contributed by atoms with E-state index in [0.717, 1.165) is 36.8 Å². The van der Waals surface area contributed by atoms with Gasteiger partial charge in [0.25, 0.3) is 6.01 Å². The topological polar surface area (TPSA) is 67.2 Å². The second-order valence-corrected chi connectivity index (χ2v) is 7.50. The highest BCUT2D eigenvalue weighted by Gasteiger charge is 2.32. The quantitative estimate of drug-likeness (QED) is 0.853. The van der Waals surface area contributed by atoms with E-state index in [1.54, 1.807) is 0 Å². The zero-order valence-electron chi connectivity index (χ0n) is 14.7. The fourth-order valence-corrected chi connectivity index (χ4v) is 4.29. The van der Waals surface area contributed by atoms with Crippen molar-refractivity contribution in [3.63, 3.8) is 0 Å². The lowest BCUT2D eigenvalue weighted by atomic mass is 9.83. The molecule has 2 aliphatic carbocycles. The fourth-order valence-electron chi connectivity index (χ4n) is 4.29. The molecule has 4 rings (SSSR count). The number of anilines is 1. The smallest absolute Gasteiger partial charge is 0.296 e. The lowest BCUT2D eigenvalue weighted by Gasteiger charge is -2.30. The summed E-state index contributed by atoms with van der Waals surface area (Å²) in [6.07, 6.45) is 10.5. The van der Waals surface area contributed by atoms with Gasteiger partial charge in [0.15, 0.2) is 5.58 Å². The SMILES string of the molecule is O=C(NC1CCCC1)[C@@H](Nc1nc2ccccc2o1)C1CCCCC1. The first-order valence-corrected chi connectivity index (χ1v) is 9.72. The number of aromatic nitrogens is 1. The number of fused-ring (bicyclic) bond motifs is 1. The highest BCUT2D eigenvalue weighted by atomic mass is 16.4. The van der Waals surface area contributed by atoms with Crippen LogP contribution in [-0.2, 0) is 4.79 Å². The van der Waals surface area contributed by atoms with E-state index in [1.807, 2.05) is 24.3 Å². The Morgan fingerprint density at radius 1 is 1.04 bits per heavy atom. The highest BCUT2D eigenvalue weighted by molar-refractivity contribution is 5.85. The molecule has 0 aliphatic heterocycles. The average Bonchev–Trinajstić information content (AvgIpc) is 3.29. The first kappa shape index (κ1) is 16.4. The van der Waals surface area contributed by atoms with Crippen LogP contribution in [0.5, 0.6) is 0 Å². The number of para-hydroxylation sites is 2. The summed E-state index contributed by atoms with van der Waals surface area (Å²) >= 11 is 0. The molecule has 1 atom stereocenters. The van der Waals surface area contributed by atoms with Crippen LogP contribution >= 0.6 is 0 Å². The Balaban J connectivity index is 1.52. The number of nitrogens with zero attached hydrogens (tertiary/aromatic N) is 1. The third-order valence-electron chi connectivity index (χ3n) is 5.68. The molecule has 25 heavy (non-hydrogen) atoms. The second-order valence-electron chi connectivity index (χ2n) is 7.50. The van der Waals surface area contributed by atoms with Crippen LogP contribution in [-0.4, -0.2) is 23.0 Å². The molecule has 1 aromatic heterocycles. The van der Waals surface area contributed by atoms with Crippen molar-refractivity contribution in [2.75, 3.05) is 5.32 Å². The van der Waals surface area contributed by atoms with E-state index in [0.29, 0.717) is 18.0 Å². The van der Waals surface area contributed by atoms with Crippen LogP contribution in [0, 0.1) is 5.92 Å². The van der Waals surface area contributed by atoms with Gasteiger partial charge in [0.05, 0.1) is 0 Å². The van der Waals surface area contributed by atoms with E-state index in [2.05, 4.69) is 15.6 Å². The van der Waals surface area contributed by atoms with Gasteiger partial charge in [-0.1, -0.05) is 44.2 Å². The zero-order valence-corrected chi connectivity index (χ0v) is 14.7. The molecule has 0 bridgehead atoms. The number of hydrogen-bond acceptors (Lipinski definition) is 4. The van der Waals surface area contributed by atoms with Crippen LogP contribution in [0.15, 0.2) is 28.7 Å². The minimum Gasteiger partial charge on any atom is -0.424 e. The number of benzene rings is 1. The summed E-state index contributed by atoms with van der Waals surface area (Å²) in [5.74, 6) is 0.464. The van der Waals surface area contributed by atoms with Crippen molar-refractivity contribution in [2.24, 2.45) is 5.92 Å². The van der Waals surface area contributed by atoms with Crippen molar-refractivity contribution >= 4 is 23.0 Å². The predicted octanol–water partition coefficient (Wildman–Crippen LogP) is 4.25. The molecule has 5 nitrogen and oxygen atoms in total. The van der Waals surface area contributed by atoms with Crippen LogP contribution in [0.25, 0.3) is 11.1 Å². The van der Waals surface area contributed by atoms with Crippen molar-refractivity contribution in [1.29, 1.82) is 0 Å². The van der Waals surface area contributed by atoms with E-state index in [1.165, 1.54) is 32.1 Å². The monoisotopic (exact) mass is 341 g/mol. The van der Waals surface area contributed by atoms with Gasteiger partial charge in [-0.15, -0.1) is 0 Å². The summed E-state index contributed by atoms with van der Waals surface area (Å²) in [6, 6.07) is 8.25. The van der Waals surface area contributed by atoms with Crippen molar-refractivity contribution in [3.8, 4) is 0 Å². The van der Waals surface area contributed by atoms with Crippen molar-refractivity contribution in [2.45, 2.75) is 69.9 Å². The van der Waals surface area contributed by atoms with Gasteiger partial charge in [-0.25, -0.2) is 0 Å². The maximum atomic E-state index is 13.0. The second kappa shape index (κ2) is 7.46. The molecule has 2 N–H and O–H groups in total. The number of hydrogen-bond donors (Lipinski definition) is 2. The molecule has 0 saturated heterocycles. The first-order chi connectivity index (χ1) is 12.3. The molecular formula is C20H27N3O2. The van der Waals surface area contributed by atoms with Crippen LogP contribution in [0.2, 0.25) is 0 Å². The van der Waals surface area contributed by atoms with Crippen molar-refractivity contribution in [3.05, 3.63) is 24.3 Å². The number of nitrogens with one attached hydrogen (secondary N) is 2. The Hall–Kier alpha value is -2.04. The van der Waals surface area contributed by atoms with Crippen molar-refractivity contribution in [1.82, 2.24) is 10.3 Å². The zero-order chi connectivity index (χ0) is 17.1. The van der Waals surface area contributed by atoms with Gasteiger partial charge in [0, 0.05) is 6.04 Å². The van der Waals surface area contributed by atoms with Gasteiger partial charge >= 0.3 is 0 Å². The summed E-state index contributed by atoms with van der Waals surface area (Å²) in [5.41, 5.74) is 1.58. The Labute approximate surface area is 148 Å². The summed E-state index contributed by atoms with van der Waals surface area (Å²) < 4.78 is 5.81. The Morgan fingerprint density at radius 3 is 2.52 bits per heavy atom. The maximum Gasteiger partial charge on any atom is 0.296 e. The third kappa shape index (κ3) is 3.80. The summed E-state index contributed by atoms with van der Waals surface area (Å²) in [7, 11) is 0. The van der Waals surface area contributed by atoms with E-state index >= 15 is 0 Å². The molecule has 5 heteroatoms. The van der Waals surface area contributed by atoms with E-state index < -0.39 is 0 Å². The number of rotatable bonds is 5. The Bertz CT molecular complexity index is 682. The normalized spacial score (nSPS) is 20.6. The Kier molecular flexibility index (Phi) is 4.90. The number of amides is 1. The van der Waals surface area contributed by atoms with E-state index in [4.69, 9.17) is 4.42 Å². The summed E-state index contributed by atoms with van der Waals surface area (Å²) in [4.78, 5) is 17.5. The molecule has 0 unspecified atom stereocenters. The van der Waals surface area contributed by atoms with Gasteiger partial charge in [-0.2, -0.15) is 4.98 Å². The number of carbonyl (C=O) groups excluding carboxylic acids is 1. The molecule has 134 valence electrons.